The van der Waals surface area contributed by atoms with E-state index in [9.17, 15) is 9.70 Å². The van der Waals surface area contributed by atoms with Crippen molar-refractivity contribution in [1.82, 2.24) is 0 Å². The largest absolute Gasteiger partial charge is 0.300 e. The SMILES string of the molecule is CC(=O)CCCC1CCC2C3CC=C4CC(N=O)CCC4(C)C3CCC12C. The molecular formula is C24H37NO2. The van der Waals surface area contributed by atoms with E-state index in [4.69, 9.17) is 0 Å². The first-order valence-corrected chi connectivity index (χ1v) is 11.4. The highest BCUT2D eigenvalue weighted by molar-refractivity contribution is 5.75. The Balaban J connectivity index is 1.51. The Morgan fingerprint density at radius 3 is 2.70 bits per heavy atom. The summed E-state index contributed by atoms with van der Waals surface area (Å²) in [6.45, 7) is 6.80. The van der Waals surface area contributed by atoms with Crippen molar-refractivity contribution in [3.8, 4) is 0 Å². The molecule has 0 radical (unpaired) electrons. The number of rotatable bonds is 5. The van der Waals surface area contributed by atoms with E-state index in [-0.39, 0.29) is 6.04 Å². The molecule has 0 aliphatic heterocycles. The third-order valence-electron chi connectivity index (χ3n) is 9.50. The third-order valence-corrected chi connectivity index (χ3v) is 9.50. The number of nitrogens with zero attached hydrogens (tertiary/aromatic N) is 1. The van der Waals surface area contributed by atoms with Gasteiger partial charge in [-0.3, -0.25) is 0 Å². The fourth-order valence-electron chi connectivity index (χ4n) is 7.91. The number of hydrogen-bond donors (Lipinski definition) is 0. The van der Waals surface area contributed by atoms with Crippen molar-refractivity contribution in [2.45, 2.75) is 97.4 Å². The molecule has 4 aliphatic rings. The van der Waals surface area contributed by atoms with Gasteiger partial charge in [-0.2, -0.15) is 4.91 Å². The summed E-state index contributed by atoms with van der Waals surface area (Å²) in [7, 11) is 0. The minimum atomic E-state index is 0.0202. The fourth-order valence-corrected chi connectivity index (χ4v) is 7.91. The first-order valence-electron chi connectivity index (χ1n) is 11.4. The van der Waals surface area contributed by atoms with Crippen LogP contribution < -0.4 is 0 Å². The molecule has 4 aliphatic carbocycles. The van der Waals surface area contributed by atoms with Gasteiger partial charge in [-0.05, 0) is 106 Å². The number of allylic oxidation sites excluding steroid dienone is 1. The van der Waals surface area contributed by atoms with Crippen LogP contribution in [0.15, 0.2) is 16.8 Å². The summed E-state index contributed by atoms with van der Waals surface area (Å²) >= 11 is 0. The van der Waals surface area contributed by atoms with E-state index in [1.807, 2.05) is 0 Å². The second-order valence-corrected chi connectivity index (χ2v) is 10.7. The van der Waals surface area contributed by atoms with Crippen LogP contribution in [0.25, 0.3) is 0 Å². The van der Waals surface area contributed by atoms with Crippen LogP contribution in [0.4, 0.5) is 0 Å². The van der Waals surface area contributed by atoms with Crippen LogP contribution in [0, 0.1) is 39.4 Å². The van der Waals surface area contributed by atoms with Gasteiger partial charge in [0.05, 0.1) is 6.04 Å². The molecule has 0 aromatic rings. The van der Waals surface area contributed by atoms with Crippen molar-refractivity contribution in [3.63, 3.8) is 0 Å². The van der Waals surface area contributed by atoms with Gasteiger partial charge in [-0.15, -0.1) is 0 Å². The highest BCUT2D eigenvalue weighted by Gasteiger charge is 2.58. The van der Waals surface area contributed by atoms with Crippen LogP contribution in [0.3, 0.4) is 0 Å². The van der Waals surface area contributed by atoms with Crippen LogP contribution in [-0.4, -0.2) is 11.8 Å². The molecule has 7 unspecified atom stereocenters. The van der Waals surface area contributed by atoms with Gasteiger partial charge in [0.15, 0.2) is 0 Å². The zero-order chi connectivity index (χ0) is 19.2. The van der Waals surface area contributed by atoms with Crippen LogP contribution in [0.1, 0.15) is 91.4 Å². The van der Waals surface area contributed by atoms with Crippen molar-refractivity contribution in [2.24, 2.45) is 39.7 Å². The average Bonchev–Trinajstić information content (AvgIpc) is 2.97. The van der Waals surface area contributed by atoms with E-state index in [0.717, 1.165) is 55.8 Å². The normalized spacial score (nSPS) is 46.0. The van der Waals surface area contributed by atoms with E-state index in [1.54, 1.807) is 12.5 Å². The van der Waals surface area contributed by atoms with Crippen molar-refractivity contribution < 1.29 is 4.79 Å². The number of fused-ring (bicyclic) bond motifs is 5. The first-order chi connectivity index (χ1) is 12.9. The fraction of sp³-hybridized carbons (Fsp3) is 0.875. The molecule has 3 heteroatoms. The van der Waals surface area contributed by atoms with Gasteiger partial charge in [0.2, 0.25) is 0 Å². The summed E-state index contributed by atoms with van der Waals surface area (Å²) in [6.07, 6.45) is 15.4. The van der Waals surface area contributed by atoms with Crippen molar-refractivity contribution in [1.29, 1.82) is 0 Å². The standard InChI is InChI=1S/C24H37NO2/c1-16(26)5-4-6-17-8-10-21-20-9-7-18-15-19(25-27)11-13-24(18,3)22(20)12-14-23(17,21)2/h7,17,19-22H,4-6,8-15H2,1-3H3. The molecule has 7 atom stereocenters. The summed E-state index contributed by atoms with van der Waals surface area (Å²) in [5, 5.41) is 3.37. The Kier molecular flexibility index (Phi) is 5.10. The summed E-state index contributed by atoms with van der Waals surface area (Å²) in [4.78, 5) is 22.4. The van der Waals surface area contributed by atoms with Gasteiger partial charge in [0, 0.05) is 6.42 Å². The molecule has 3 fully saturated rings. The highest BCUT2D eigenvalue weighted by Crippen LogP contribution is 2.66. The molecule has 0 bridgehead atoms. The predicted molar refractivity (Wildman–Crippen MR) is 109 cm³/mol. The quantitative estimate of drug-likeness (QED) is 0.411. The van der Waals surface area contributed by atoms with Gasteiger partial charge in [-0.25, -0.2) is 0 Å². The lowest BCUT2D eigenvalue weighted by Crippen LogP contribution is -2.50. The maximum absolute atomic E-state index is 11.3. The van der Waals surface area contributed by atoms with Crippen molar-refractivity contribution >= 4 is 5.78 Å². The number of ketones is 1. The molecule has 3 saturated carbocycles. The molecule has 0 N–H and O–H groups in total. The van der Waals surface area contributed by atoms with Crippen molar-refractivity contribution in [3.05, 3.63) is 16.6 Å². The van der Waals surface area contributed by atoms with Gasteiger partial charge < -0.3 is 4.79 Å². The van der Waals surface area contributed by atoms with Crippen LogP contribution in [0.2, 0.25) is 0 Å². The Morgan fingerprint density at radius 2 is 1.96 bits per heavy atom. The minimum absolute atomic E-state index is 0.0202. The van der Waals surface area contributed by atoms with E-state index in [2.05, 4.69) is 25.1 Å². The first kappa shape index (κ1) is 19.3. The molecule has 27 heavy (non-hydrogen) atoms. The maximum atomic E-state index is 11.3. The second kappa shape index (κ2) is 7.12. The molecule has 150 valence electrons. The van der Waals surface area contributed by atoms with Crippen LogP contribution in [-0.2, 0) is 4.79 Å². The zero-order valence-electron chi connectivity index (χ0n) is 17.5. The van der Waals surface area contributed by atoms with Crippen LogP contribution in [0.5, 0.6) is 0 Å². The van der Waals surface area contributed by atoms with E-state index < -0.39 is 0 Å². The summed E-state index contributed by atoms with van der Waals surface area (Å²) in [5.74, 6) is 3.65. The average molecular weight is 372 g/mol. The number of carbonyl (C=O) groups excluding carboxylic acids is 1. The Hall–Kier alpha value is -0.990. The van der Waals surface area contributed by atoms with Gasteiger partial charge in [-0.1, -0.05) is 30.7 Å². The van der Waals surface area contributed by atoms with Crippen molar-refractivity contribution in [2.75, 3.05) is 0 Å². The Morgan fingerprint density at radius 1 is 1.15 bits per heavy atom. The van der Waals surface area contributed by atoms with Gasteiger partial charge in [0.1, 0.15) is 5.78 Å². The van der Waals surface area contributed by atoms with Gasteiger partial charge >= 0.3 is 0 Å². The van der Waals surface area contributed by atoms with Crippen LogP contribution >= 0.6 is 0 Å². The highest BCUT2D eigenvalue weighted by atomic mass is 16.3. The topological polar surface area (TPSA) is 46.5 Å². The molecule has 0 heterocycles. The lowest BCUT2D eigenvalue weighted by Gasteiger charge is -2.58. The van der Waals surface area contributed by atoms with E-state index in [0.29, 0.717) is 16.6 Å². The number of nitroso groups, excluding NO2 is 1. The monoisotopic (exact) mass is 371 g/mol. The summed E-state index contributed by atoms with van der Waals surface area (Å²) in [5.41, 5.74) is 2.36. The number of Topliss-reactive ketones (excluding diaryl/α,β-unsaturated/α-hetero) is 1. The minimum Gasteiger partial charge on any atom is -0.300 e. The molecular weight excluding hydrogens is 334 g/mol. The number of carbonyl (C=O) groups is 1. The molecule has 0 spiro atoms. The zero-order valence-corrected chi connectivity index (χ0v) is 17.5. The molecule has 4 rings (SSSR count). The molecule has 0 aromatic carbocycles. The van der Waals surface area contributed by atoms with Gasteiger partial charge in [0.25, 0.3) is 0 Å². The smallest absolute Gasteiger partial charge is 0.129 e. The lowest BCUT2D eigenvalue weighted by molar-refractivity contribution is -0.117. The second-order valence-electron chi connectivity index (χ2n) is 10.7. The summed E-state index contributed by atoms with van der Waals surface area (Å²) in [6, 6.07) is 0.0202. The molecule has 0 saturated heterocycles. The van der Waals surface area contributed by atoms with E-state index >= 15 is 0 Å². The molecule has 0 amide bonds. The third kappa shape index (κ3) is 3.13. The van der Waals surface area contributed by atoms with E-state index in [1.165, 1.54) is 38.5 Å². The number of hydrogen-bond acceptors (Lipinski definition) is 3. The maximum Gasteiger partial charge on any atom is 0.129 e. The summed E-state index contributed by atoms with van der Waals surface area (Å²) < 4.78 is 0. The molecule has 0 aromatic heterocycles. The Bertz CT molecular complexity index is 640. The lowest BCUT2D eigenvalue weighted by atomic mass is 9.47. The predicted octanol–water partition coefficient (Wildman–Crippen LogP) is 6.46. The molecule has 3 nitrogen and oxygen atoms in total. The Labute approximate surface area is 164 Å².